The lowest BCUT2D eigenvalue weighted by Crippen LogP contribution is -2.31. The molecule has 1 aromatic rings. The number of halogens is 1. The van der Waals surface area contributed by atoms with Crippen LogP contribution in [0, 0.1) is 18.7 Å². The predicted octanol–water partition coefficient (Wildman–Crippen LogP) is 2.68. The molecule has 17 heavy (non-hydrogen) atoms. The van der Waals surface area contributed by atoms with E-state index < -0.39 is 0 Å². The summed E-state index contributed by atoms with van der Waals surface area (Å²) in [6.45, 7) is 3.97. The number of methoxy groups -OCH3 is 1. The smallest absolute Gasteiger partial charge is 0.126 e. The van der Waals surface area contributed by atoms with E-state index in [2.05, 4.69) is 5.32 Å². The molecule has 1 unspecified atom stereocenters. The van der Waals surface area contributed by atoms with Crippen LogP contribution in [-0.4, -0.2) is 20.2 Å². The van der Waals surface area contributed by atoms with Gasteiger partial charge in [-0.25, -0.2) is 4.39 Å². The molecule has 2 nitrogen and oxygen atoms in total. The zero-order valence-electron chi connectivity index (χ0n) is 10.6. The van der Waals surface area contributed by atoms with Crippen molar-refractivity contribution in [1.82, 2.24) is 5.32 Å². The Labute approximate surface area is 102 Å². The van der Waals surface area contributed by atoms with Crippen molar-refractivity contribution in [2.75, 3.05) is 20.2 Å². The van der Waals surface area contributed by atoms with Crippen LogP contribution in [-0.2, 0) is 6.42 Å². The number of benzene rings is 1. The second-order valence-electron chi connectivity index (χ2n) is 4.77. The van der Waals surface area contributed by atoms with Crippen LogP contribution in [0.1, 0.15) is 24.0 Å². The van der Waals surface area contributed by atoms with E-state index in [9.17, 15) is 4.39 Å². The lowest BCUT2D eigenvalue weighted by molar-refractivity contribution is 0.362. The highest BCUT2D eigenvalue weighted by Crippen LogP contribution is 2.28. The minimum absolute atomic E-state index is 0.135. The van der Waals surface area contributed by atoms with Crippen molar-refractivity contribution in [3.63, 3.8) is 0 Å². The number of ether oxygens (including phenoxy) is 1. The fourth-order valence-corrected chi connectivity index (χ4v) is 2.54. The van der Waals surface area contributed by atoms with Crippen molar-refractivity contribution in [2.45, 2.75) is 26.2 Å². The summed E-state index contributed by atoms with van der Waals surface area (Å²) in [6.07, 6.45) is 3.33. The fraction of sp³-hybridized carbons (Fsp3) is 0.571. The van der Waals surface area contributed by atoms with E-state index in [1.807, 2.05) is 6.92 Å². The highest BCUT2D eigenvalue weighted by Gasteiger charge is 2.18. The summed E-state index contributed by atoms with van der Waals surface area (Å²) >= 11 is 0. The summed E-state index contributed by atoms with van der Waals surface area (Å²) in [4.78, 5) is 0. The molecular weight excluding hydrogens is 217 g/mol. The Bertz CT molecular complexity index is 386. The molecule has 1 aromatic carbocycles. The van der Waals surface area contributed by atoms with Gasteiger partial charge in [0.1, 0.15) is 11.6 Å². The van der Waals surface area contributed by atoms with Crippen LogP contribution in [0.2, 0.25) is 0 Å². The van der Waals surface area contributed by atoms with Gasteiger partial charge >= 0.3 is 0 Å². The van der Waals surface area contributed by atoms with Crippen LogP contribution in [0.15, 0.2) is 12.1 Å². The molecule has 1 aliphatic rings. The normalized spacial score (nSPS) is 20.3. The lowest BCUT2D eigenvalue weighted by atomic mass is 9.90. The van der Waals surface area contributed by atoms with Crippen molar-refractivity contribution in [3.05, 3.63) is 29.1 Å². The molecule has 1 saturated heterocycles. The zero-order chi connectivity index (χ0) is 12.3. The second kappa shape index (κ2) is 5.50. The molecule has 0 bridgehead atoms. The minimum Gasteiger partial charge on any atom is -0.496 e. The molecule has 0 aliphatic carbocycles. The number of piperidine rings is 1. The number of hydrogen-bond acceptors (Lipinski definition) is 2. The van der Waals surface area contributed by atoms with E-state index in [1.165, 1.54) is 18.9 Å². The van der Waals surface area contributed by atoms with E-state index in [1.54, 1.807) is 13.2 Å². The van der Waals surface area contributed by atoms with E-state index in [0.717, 1.165) is 36.4 Å². The summed E-state index contributed by atoms with van der Waals surface area (Å²) < 4.78 is 18.9. The molecule has 0 amide bonds. The molecule has 1 aliphatic heterocycles. The van der Waals surface area contributed by atoms with Gasteiger partial charge in [-0.2, -0.15) is 0 Å². The zero-order valence-corrected chi connectivity index (χ0v) is 10.6. The molecule has 1 heterocycles. The molecule has 0 spiro atoms. The maximum atomic E-state index is 13.6. The van der Waals surface area contributed by atoms with Gasteiger partial charge in [-0.3, -0.25) is 0 Å². The summed E-state index contributed by atoms with van der Waals surface area (Å²) in [5.41, 5.74) is 1.76. The Kier molecular flexibility index (Phi) is 4.00. The highest BCUT2D eigenvalue weighted by atomic mass is 19.1. The first-order valence-corrected chi connectivity index (χ1v) is 6.25. The van der Waals surface area contributed by atoms with Crippen molar-refractivity contribution >= 4 is 0 Å². The van der Waals surface area contributed by atoms with Crippen molar-refractivity contribution in [1.29, 1.82) is 0 Å². The van der Waals surface area contributed by atoms with E-state index in [4.69, 9.17) is 4.74 Å². The van der Waals surface area contributed by atoms with E-state index >= 15 is 0 Å². The average molecular weight is 237 g/mol. The second-order valence-corrected chi connectivity index (χ2v) is 4.77. The number of hydrogen-bond donors (Lipinski definition) is 1. The molecule has 1 atom stereocenters. The third-order valence-corrected chi connectivity index (χ3v) is 3.60. The van der Waals surface area contributed by atoms with Gasteiger partial charge in [-0.15, -0.1) is 0 Å². The first kappa shape index (κ1) is 12.4. The largest absolute Gasteiger partial charge is 0.496 e. The monoisotopic (exact) mass is 237 g/mol. The molecule has 0 radical (unpaired) electrons. The molecule has 1 fully saturated rings. The highest BCUT2D eigenvalue weighted by molar-refractivity contribution is 5.40. The Balaban J connectivity index is 2.20. The average Bonchev–Trinajstić information content (AvgIpc) is 2.37. The van der Waals surface area contributed by atoms with Crippen molar-refractivity contribution < 1.29 is 9.13 Å². The van der Waals surface area contributed by atoms with Crippen LogP contribution >= 0.6 is 0 Å². The van der Waals surface area contributed by atoms with Crippen LogP contribution in [0.5, 0.6) is 5.75 Å². The Hall–Kier alpha value is -1.09. The van der Waals surface area contributed by atoms with Crippen LogP contribution in [0.3, 0.4) is 0 Å². The molecule has 1 N–H and O–H groups in total. The number of rotatable bonds is 3. The van der Waals surface area contributed by atoms with Gasteiger partial charge in [-0.05, 0) is 62.9 Å². The van der Waals surface area contributed by atoms with Gasteiger partial charge in [-0.1, -0.05) is 0 Å². The van der Waals surface area contributed by atoms with Crippen LogP contribution in [0.4, 0.5) is 4.39 Å². The third kappa shape index (κ3) is 2.78. The third-order valence-electron chi connectivity index (χ3n) is 3.60. The topological polar surface area (TPSA) is 21.3 Å². The van der Waals surface area contributed by atoms with Gasteiger partial charge < -0.3 is 10.1 Å². The number of nitrogens with one attached hydrogen (secondary N) is 1. The Morgan fingerprint density at radius 2 is 2.29 bits per heavy atom. The Morgan fingerprint density at radius 3 is 2.94 bits per heavy atom. The predicted molar refractivity (Wildman–Crippen MR) is 67.0 cm³/mol. The Morgan fingerprint density at radius 1 is 1.47 bits per heavy atom. The molecular formula is C14H20FNO. The summed E-state index contributed by atoms with van der Waals surface area (Å²) in [6, 6.07) is 3.21. The molecule has 94 valence electrons. The fourth-order valence-electron chi connectivity index (χ4n) is 2.54. The quantitative estimate of drug-likeness (QED) is 0.872. The van der Waals surface area contributed by atoms with Crippen molar-refractivity contribution in [2.24, 2.45) is 5.92 Å². The summed E-state index contributed by atoms with van der Waals surface area (Å²) in [5.74, 6) is 1.28. The standard InChI is InChI=1S/C14H20FNO/c1-10-12(8-11-4-3-7-16-9-11)14(17-2)6-5-13(10)15/h5-6,11,16H,3-4,7-9H2,1-2H3. The maximum absolute atomic E-state index is 13.6. The summed E-state index contributed by atoms with van der Waals surface area (Å²) in [5, 5.41) is 3.39. The van der Waals surface area contributed by atoms with E-state index in [0.29, 0.717) is 5.92 Å². The lowest BCUT2D eigenvalue weighted by Gasteiger charge is -2.24. The molecule has 3 heteroatoms. The summed E-state index contributed by atoms with van der Waals surface area (Å²) in [7, 11) is 1.65. The molecule has 2 rings (SSSR count). The minimum atomic E-state index is -0.135. The molecule has 0 saturated carbocycles. The van der Waals surface area contributed by atoms with Gasteiger partial charge in [0.05, 0.1) is 7.11 Å². The van der Waals surface area contributed by atoms with Crippen LogP contribution < -0.4 is 10.1 Å². The van der Waals surface area contributed by atoms with Crippen molar-refractivity contribution in [3.8, 4) is 5.75 Å². The molecule has 0 aromatic heterocycles. The first-order valence-electron chi connectivity index (χ1n) is 6.25. The van der Waals surface area contributed by atoms with Gasteiger partial charge in [0, 0.05) is 5.56 Å². The van der Waals surface area contributed by atoms with E-state index in [-0.39, 0.29) is 5.82 Å². The first-order chi connectivity index (χ1) is 8.22. The van der Waals surface area contributed by atoms with Gasteiger partial charge in [0.25, 0.3) is 0 Å². The van der Waals surface area contributed by atoms with Crippen LogP contribution in [0.25, 0.3) is 0 Å². The SMILES string of the molecule is COc1ccc(F)c(C)c1CC1CCCNC1. The van der Waals surface area contributed by atoms with Gasteiger partial charge in [0.15, 0.2) is 0 Å². The van der Waals surface area contributed by atoms with Gasteiger partial charge in [0.2, 0.25) is 0 Å². The maximum Gasteiger partial charge on any atom is 0.126 e.